The molecule has 0 radical (unpaired) electrons. The molecule has 104 valence electrons. The Kier molecular flexibility index (Phi) is 3.94. The quantitative estimate of drug-likeness (QED) is 0.670. The minimum absolute atomic E-state index is 0.0608. The molecule has 0 unspecified atom stereocenters. The molecule has 0 amide bonds. The van der Waals surface area contributed by atoms with Gasteiger partial charge in [0.15, 0.2) is 5.13 Å². The van der Waals surface area contributed by atoms with Crippen molar-refractivity contribution in [1.29, 1.82) is 0 Å². The molecule has 7 nitrogen and oxygen atoms in total. The van der Waals surface area contributed by atoms with Crippen molar-refractivity contribution in [2.24, 2.45) is 0 Å². The Morgan fingerprint density at radius 1 is 1.55 bits per heavy atom. The number of nitro groups is 1. The number of carbonyl (C=O) groups excluding carboxylic acids is 1. The van der Waals surface area contributed by atoms with Gasteiger partial charge in [0.2, 0.25) is 5.06 Å². The van der Waals surface area contributed by atoms with Crippen LogP contribution in [0.25, 0.3) is 0 Å². The van der Waals surface area contributed by atoms with Crippen molar-refractivity contribution in [3.05, 3.63) is 40.1 Å². The zero-order valence-electron chi connectivity index (χ0n) is 10.5. The summed E-state index contributed by atoms with van der Waals surface area (Å²) in [6.45, 7) is 1.41. The largest absolute Gasteiger partial charge is 0.445 e. The van der Waals surface area contributed by atoms with Gasteiger partial charge in [0.05, 0.1) is 11.1 Å². The van der Waals surface area contributed by atoms with Gasteiger partial charge in [0.25, 0.3) is 5.69 Å². The molecule has 0 fully saturated rings. The van der Waals surface area contributed by atoms with Gasteiger partial charge in [-0.3, -0.25) is 14.9 Å². The number of nitro benzene ring substituents is 1. The van der Waals surface area contributed by atoms with Crippen LogP contribution in [0.2, 0.25) is 0 Å². The lowest BCUT2D eigenvalue weighted by molar-refractivity contribution is -0.384. The summed E-state index contributed by atoms with van der Waals surface area (Å²) >= 11 is 1.15. The highest BCUT2D eigenvalue weighted by molar-refractivity contribution is 7.17. The van der Waals surface area contributed by atoms with E-state index in [1.54, 1.807) is 0 Å². The van der Waals surface area contributed by atoms with Crippen LogP contribution < -0.4 is 10.5 Å². The summed E-state index contributed by atoms with van der Waals surface area (Å²) in [5.74, 6) is 0.272. The van der Waals surface area contributed by atoms with Crippen LogP contribution in [-0.4, -0.2) is 15.7 Å². The Labute approximate surface area is 118 Å². The number of anilines is 1. The van der Waals surface area contributed by atoms with Crippen molar-refractivity contribution in [3.63, 3.8) is 0 Å². The van der Waals surface area contributed by atoms with Gasteiger partial charge in [-0.05, 0) is 13.0 Å². The summed E-state index contributed by atoms with van der Waals surface area (Å²) in [7, 11) is 0. The lowest BCUT2D eigenvalue weighted by Crippen LogP contribution is -2.00. The van der Waals surface area contributed by atoms with E-state index in [9.17, 15) is 14.9 Å². The maximum Gasteiger partial charge on any atom is 0.269 e. The van der Waals surface area contributed by atoms with Gasteiger partial charge in [0, 0.05) is 24.1 Å². The second kappa shape index (κ2) is 5.66. The molecule has 0 aliphatic rings. The van der Waals surface area contributed by atoms with Crippen LogP contribution in [-0.2, 0) is 11.2 Å². The third-order valence-corrected chi connectivity index (χ3v) is 3.11. The number of hydrogen-bond acceptors (Lipinski definition) is 7. The second-order valence-electron chi connectivity index (χ2n) is 4.05. The fourth-order valence-electron chi connectivity index (χ4n) is 1.61. The molecule has 20 heavy (non-hydrogen) atoms. The van der Waals surface area contributed by atoms with Crippen LogP contribution in [0.1, 0.15) is 12.5 Å². The average Bonchev–Trinajstić information content (AvgIpc) is 2.76. The molecule has 1 heterocycles. The lowest BCUT2D eigenvalue weighted by Gasteiger charge is -2.08. The maximum atomic E-state index is 11.2. The van der Waals surface area contributed by atoms with Crippen molar-refractivity contribution in [2.45, 2.75) is 13.3 Å². The summed E-state index contributed by atoms with van der Waals surface area (Å²) in [6, 6.07) is 4.12. The smallest absolute Gasteiger partial charge is 0.269 e. The number of aromatic nitrogens is 1. The molecule has 0 atom stereocenters. The Balaban J connectivity index is 2.35. The lowest BCUT2D eigenvalue weighted by atomic mass is 10.1. The molecular formula is C12H11N3O4S. The standard InChI is InChI=1S/C12H11N3O4S/c1-7(16)4-8-5-9(15(17)18)2-3-10(8)19-11-6-14-12(13)20-11/h2-3,5-6H,4H2,1H3,(H2,13,14). The highest BCUT2D eigenvalue weighted by Gasteiger charge is 2.14. The van der Waals surface area contributed by atoms with Crippen LogP contribution in [0.5, 0.6) is 10.8 Å². The van der Waals surface area contributed by atoms with E-state index >= 15 is 0 Å². The Morgan fingerprint density at radius 3 is 2.85 bits per heavy atom. The summed E-state index contributed by atoms with van der Waals surface area (Å²) in [6.07, 6.45) is 1.52. The zero-order valence-corrected chi connectivity index (χ0v) is 11.3. The number of hydrogen-bond donors (Lipinski definition) is 1. The third kappa shape index (κ3) is 3.29. The van der Waals surface area contributed by atoms with Crippen molar-refractivity contribution in [1.82, 2.24) is 4.98 Å². The van der Waals surface area contributed by atoms with E-state index in [1.165, 1.54) is 31.3 Å². The first-order valence-electron chi connectivity index (χ1n) is 5.61. The van der Waals surface area contributed by atoms with E-state index in [1.807, 2.05) is 0 Å². The van der Waals surface area contributed by atoms with Gasteiger partial charge < -0.3 is 10.5 Å². The van der Waals surface area contributed by atoms with E-state index in [2.05, 4.69) is 4.98 Å². The van der Waals surface area contributed by atoms with Gasteiger partial charge in [-0.2, -0.15) is 0 Å². The number of ketones is 1. The van der Waals surface area contributed by atoms with Gasteiger partial charge in [-0.1, -0.05) is 11.3 Å². The highest BCUT2D eigenvalue weighted by atomic mass is 32.1. The van der Waals surface area contributed by atoms with E-state index in [0.717, 1.165) is 11.3 Å². The Hall–Kier alpha value is -2.48. The Bertz CT molecular complexity index is 668. The Morgan fingerprint density at radius 2 is 2.30 bits per heavy atom. The average molecular weight is 293 g/mol. The van der Waals surface area contributed by atoms with E-state index in [0.29, 0.717) is 21.5 Å². The van der Waals surface area contributed by atoms with Crippen molar-refractivity contribution in [2.75, 3.05) is 5.73 Å². The van der Waals surface area contributed by atoms with Gasteiger partial charge in [0.1, 0.15) is 11.5 Å². The van der Waals surface area contributed by atoms with Gasteiger partial charge >= 0.3 is 0 Å². The number of ether oxygens (including phenoxy) is 1. The molecule has 0 saturated carbocycles. The van der Waals surface area contributed by atoms with E-state index < -0.39 is 4.92 Å². The molecule has 1 aromatic carbocycles. The SMILES string of the molecule is CC(=O)Cc1cc([N+](=O)[O-])ccc1Oc1cnc(N)s1. The topological polar surface area (TPSA) is 108 Å². The number of non-ortho nitro benzene ring substituents is 1. The summed E-state index contributed by atoms with van der Waals surface area (Å²) < 4.78 is 5.57. The molecule has 0 aliphatic heterocycles. The number of nitrogen functional groups attached to an aromatic ring is 1. The highest BCUT2D eigenvalue weighted by Crippen LogP contribution is 2.32. The third-order valence-electron chi connectivity index (χ3n) is 2.41. The molecule has 2 N–H and O–H groups in total. The molecule has 1 aromatic heterocycles. The van der Waals surface area contributed by atoms with Crippen LogP contribution in [0.15, 0.2) is 24.4 Å². The van der Waals surface area contributed by atoms with Crippen molar-refractivity contribution < 1.29 is 14.5 Å². The molecule has 0 saturated heterocycles. The maximum absolute atomic E-state index is 11.2. The second-order valence-corrected chi connectivity index (χ2v) is 5.07. The summed E-state index contributed by atoms with van der Waals surface area (Å²) in [5, 5.41) is 11.6. The first kappa shape index (κ1) is 13.9. The first-order valence-corrected chi connectivity index (χ1v) is 6.43. The predicted molar refractivity (Wildman–Crippen MR) is 74.1 cm³/mol. The molecular weight excluding hydrogens is 282 g/mol. The van der Waals surface area contributed by atoms with Gasteiger partial charge in [-0.15, -0.1) is 0 Å². The number of carbonyl (C=O) groups is 1. The van der Waals surface area contributed by atoms with Crippen LogP contribution in [0, 0.1) is 10.1 Å². The predicted octanol–water partition coefficient (Wildman–Crippen LogP) is 2.56. The minimum Gasteiger partial charge on any atom is -0.445 e. The fraction of sp³-hybridized carbons (Fsp3) is 0.167. The summed E-state index contributed by atoms with van der Waals surface area (Å²) in [4.78, 5) is 25.3. The first-order chi connectivity index (χ1) is 9.45. The molecule has 0 spiro atoms. The fourth-order valence-corrected chi connectivity index (χ4v) is 2.16. The number of nitrogens with two attached hydrogens (primary N) is 1. The number of thiazole rings is 1. The van der Waals surface area contributed by atoms with E-state index in [4.69, 9.17) is 10.5 Å². The molecule has 2 aromatic rings. The number of Topliss-reactive ketones (excluding diaryl/α,β-unsaturated/α-hetero) is 1. The van der Waals surface area contributed by atoms with Crippen molar-refractivity contribution >= 4 is 27.9 Å². The molecule has 0 bridgehead atoms. The molecule has 8 heteroatoms. The van der Waals surface area contributed by atoms with Crippen LogP contribution in [0.4, 0.5) is 10.8 Å². The van der Waals surface area contributed by atoms with Crippen LogP contribution in [0.3, 0.4) is 0 Å². The number of rotatable bonds is 5. The normalized spacial score (nSPS) is 10.2. The molecule has 2 rings (SSSR count). The van der Waals surface area contributed by atoms with E-state index in [-0.39, 0.29) is 17.9 Å². The summed E-state index contributed by atoms with van der Waals surface area (Å²) in [5.41, 5.74) is 5.87. The molecule has 0 aliphatic carbocycles. The number of benzene rings is 1. The van der Waals surface area contributed by atoms with Gasteiger partial charge in [-0.25, -0.2) is 4.98 Å². The monoisotopic (exact) mass is 293 g/mol. The van der Waals surface area contributed by atoms with Crippen LogP contribution >= 0.6 is 11.3 Å². The zero-order chi connectivity index (χ0) is 14.7. The minimum atomic E-state index is -0.516. The number of nitrogens with zero attached hydrogens (tertiary/aromatic N) is 2. The van der Waals surface area contributed by atoms with Crippen molar-refractivity contribution in [3.8, 4) is 10.8 Å².